The quantitative estimate of drug-likeness (QED) is 0.726. The Hall–Kier alpha value is -1.63. The molecule has 68 valence electrons. The van der Waals surface area contributed by atoms with Crippen molar-refractivity contribution in [1.29, 1.82) is 5.26 Å². The second-order valence-electron chi connectivity index (χ2n) is 2.59. The SMILES string of the molecule is Cc1c(C#N)ccc(C(F)F)c1O. The van der Waals surface area contributed by atoms with Crippen LogP contribution in [0.3, 0.4) is 0 Å². The molecule has 0 amide bonds. The summed E-state index contributed by atoms with van der Waals surface area (Å²) >= 11 is 0. The second kappa shape index (κ2) is 3.40. The molecule has 0 atom stereocenters. The number of alkyl halides is 2. The standard InChI is InChI=1S/C9H7F2NO/c1-5-6(4-12)2-3-7(8(5)13)9(10)11/h2-3,9,13H,1H3. The van der Waals surface area contributed by atoms with E-state index in [-0.39, 0.29) is 11.1 Å². The number of nitriles is 1. The van der Waals surface area contributed by atoms with Crippen molar-refractivity contribution in [2.75, 3.05) is 0 Å². The van der Waals surface area contributed by atoms with Crippen molar-refractivity contribution in [2.24, 2.45) is 0 Å². The lowest BCUT2D eigenvalue weighted by Gasteiger charge is -2.06. The Morgan fingerprint density at radius 1 is 1.46 bits per heavy atom. The molecule has 1 aromatic carbocycles. The molecule has 0 aliphatic rings. The first-order chi connectivity index (χ1) is 6.07. The Balaban J connectivity index is 3.33. The van der Waals surface area contributed by atoms with Gasteiger partial charge in [0.25, 0.3) is 6.43 Å². The summed E-state index contributed by atoms with van der Waals surface area (Å²) in [5, 5.41) is 17.8. The molecule has 0 saturated carbocycles. The van der Waals surface area contributed by atoms with Gasteiger partial charge in [-0.15, -0.1) is 0 Å². The number of hydrogen-bond acceptors (Lipinski definition) is 2. The van der Waals surface area contributed by atoms with Crippen molar-refractivity contribution in [3.05, 3.63) is 28.8 Å². The van der Waals surface area contributed by atoms with Crippen molar-refractivity contribution in [3.8, 4) is 11.8 Å². The van der Waals surface area contributed by atoms with E-state index in [4.69, 9.17) is 5.26 Å². The average Bonchev–Trinajstić information content (AvgIpc) is 2.09. The fraction of sp³-hybridized carbons (Fsp3) is 0.222. The lowest BCUT2D eigenvalue weighted by Crippen LogP contribution is -1.90. The van der Waals surface area contributed by atoms with Gasteiger partial charge >= 0.3 is 0 Å². The summed E-state index contributed by atoms with van der Waals surface area (Å²) < 4.78 is 24.4. The summed E-state index contributed by atoms with van der Waals surface area (Å²) in [6.07, 6.45) is -2.72. The van der Waals surface area contributed by atoms with Crippen LogP contribution in [0.4, 0.5) is 8.78 Å². The lowest BCUT2D eigenvalue weighted by molar-refractivity contribution is 0.147. The first kappa shape index (κ1) is 9.46. The molecule has 0 aromatic heterocycles. The van der Waals surface area contributed by atoms with Gasteiger partial charge in [0.15, 0.2) is 0 Å². The number of aromatic hydroxyl groups is 1. The summed E-state index contributed by atoms with van der Waals surface area (Å²) in [6.45, 7) is 1.43. The second-order valence-corrected chi connectivity index (χ2v) is 2.59. The number of nitrogens with zero attached hydrogens (tertiary/aromatic N) is 1. The van der Waals surface area contributed by atoms with Crippen LogP contribution >= 0.6 is 0 Å². The molecule has 2 nitrogen and oxygen atoms in total. The largest absolute Gasteiger partial charge is 0.507 e. The monoisotopic (exact) mass is 183 g/mol. The fourth-order valence-corrected chi connectivity index (χ4v) is 1.02. The zero-order valence-electron chi connectivity index (χ0n) is 6.88. The first-order valence-electron chi connectivity index (χ1n) is 3.58. The molecule has 0 unspecified atom stereocenters. The van der Waals surface area contributed by atoms with Crippen LogP contribution in [0.25, 0.3) is 0 Å². The number of halogens is 2. The molecule has 0 bridgehead atoms. The van der Waals surface area contributed by atoms with E-state index >= 15 is 0 Å². The highest BCUT2D eigenvalue weighted by atomic mass is 19.3. The number of hydrogen-bond donors (Lipinski definition) is 1. The van der Waals surface area contributed by atoms with Crippen molar-refractivity contribution in [2.45, 2.75) is 13.3 Å². The molecular formula is C9H7F2NO. The van der Waals surface area contributed by atoms with Gasteiger partial charge in [-0.1, -0.05) is 0 Å². The van der Waals surface area contributed by atoms with E-state index in [0.29, 0.717) is 0 Å². The number of phenols is 1. The van der Waals surface area contributed by atoms with E-state index in [1.54, 1.807) is 6.07 Å². The van der Waals surface area contributed by atoms with Crippen molar-refractivity contribution in [3.63, 3.8) is 0 Å². The third-order valence-corrected chi connectivity index (χ3v) is 1.82. The number of rotatable bonds is 1. The Morgan fingerprint density at radius 2 is 2.08 bits per heavy atom. The highest BCUT2D eigenvalue weighted by Crippen LogP contribution is 2.32. The smallest absolute Gasteiger partial charge is 0.267 e. The van der Waals surface area contributed by atoms with Gasteiger partial charge in [0.1, 0.15) is 5.75 Å². The maximum atomic E-state index is 12.2. The van der Waals surface area contributed by atoms with Crippen LogP contribution < -0.4 is 0 Å². The summed E-state index contributed by atoms with van der Waals surface area (Å²) in [5.74, 6) is -0.492. The minimum atomic E-state index is -2.72. The number of phenolic OH excluding ortho intramolecular Hbond substituents is 1. The van der Waals surface area contributed by atoms with Gasteiger partial charge in [-0.05, 0) is 19.1 Å². The van der Waals surface area contributed by atoms with Crippen LogP contribution in [0.1, 0.15) is 23.1 Å². The van der Waals surface area contributed by atoms with Gasteiger partial charge in [-0.25, -0.2) is 8.78 Å². The maximum absolute atomic E-state index is 12.2. The molecule has 0 heterocycles. The third-order valence-electron chi connectivity index (χ3n) is 1.82. The Bertz CT molecular complexity index is 369. The molecule has 1 aromatic rings. The molecule has 0 aliphatic heterocycles. The molecule has 0 saturated heterocycles. The average molecular weight is 183 g/mol. The zero-order chi connectivity index (χ0) is 10.0. The molecule has 4 heteroatoms. The van der Waals surface area contributed by atoms with Crippen LogP contribution in [0.15, 0.2) is 12.1 Å². The molecule has 0 fully saturated rings. The molecule has 13 heavy (non-hydrogen) atoms. The maximum Gasteiger partial charge on any atom is 0.267 e. The molecular weight excluding hydrogens is 176 g/mol. The lowest BCUT2D eigenvalue weighted by atomic mass is 10.0. The molecule has 1 N–H and O–H groups in total. The molecule has 0 spiro atoms. The number of benzene rings is 1. The van der Waals surface area contributed by atoms with Crippen LogP contribution in [0.2, 0.25) is 0 Å². The summed E-state index contributed by atoms with van der Waals surface area (Å²) in [5.41, 5.74) is -0.0290. The van der Waals surface area contributed by atoms with E-state index in [9.17, 15) is 13.9 Å². The minimum Gasteiger partial charge on any atom is -0.507 e. The van der Waals surface area contributed by atoms with E-state index < -0.39 is 17.7 Å². The third kappa shape index (κ3) is 1.59. The van der Waals surface area contributed by atoms with Crippen molar-refractivity contribution >= 4 is 0 Å². The topological polar surface area (TPSA) is 44.0 Å². The van der Waals surface area contributed by atoms with E-state index in [2.05, 4.69) is 0 Å². The van der Waals surface area contributed by atoms with Gasteiger partial charge in [-0.2, -0.15) is 5.26 Å². The van der Waals surface area contributed by atoms with Crippen LogP contribution in [0.5, 0.6) is 5.75 Å². The Labute approximate surface area is 74.0 Å². The van der Waals surface area contributed by atoms with E-state index in [0.717, 1.165) is 6.07 Å². The molecule has 1 rings (SSSR count). The van der Waals surface area contributed by atoms with Crippen LogP contribution in [-0.2, 0) is 0 Å². The summed E-state index contributed by atoms with van der Waals surface area (Å²) in [4.78, 5) is 0. The van der Waals surface area contributed by atoms with E-state index in [1.165, 1.54) is 13.0 Å². The predicted octanol–water partition coefficient (Wildman–Crippen LogP) is 2.51. The summed E-state index contributed by atoms with van der Waals surface area (Å²) in [6, 6.07) is 4.13. The fourth-order valence-electron chi connectivity index (χ4n) is 1.02. The normalized spacial score (nSPS) is 10.1. The van der Waals surface area contributed by atoms with Gasteiger partial charge < -0.3 is 5.11 Å². The zero-order valence-corrected chi connectivity index (χ0v) is 6.88. The Kier molecular flexibility index (Phi) is 2.47. The highest BCUT2D eigenvalue weighted by Gasteiger charge is 2.15. The van der Waals surface area contributed by atoms with Crippen LogP contribution in [-0.4, -0.2) is 5.11 Å². The highest BCUT2D eigenvalue weighted by molar-refractivity contribution is 5.49. The summed E-state index contributed by atoms with van der Waals surface area (Å²) in [7, 11) is 0. The van der Waals surface area contributed by atoms with E-state index in [1.807, 2.05) is 0 Å². The van der Waals surface area contributed by atoms with Gasteiger partial charge in [0.05, 0.1) is 17.2 Å². The van der Waals surface area contributed by atoms with Crippen molar-refractivity contribution < 1.29 is 13.9 Å². The van der Waals surface area contributed by atoms with Gasteiger partial charge in [0, 0.05) is 5.56 Å². The first-order valence-corrected chi connectivity index (χ1v) is 3.58. The molecule has 0 aliphatic carbocycles. The van der Waals surface area contributed by atoms with Gasteiger partial charge in [0.2, 0.25) is 0 Å². The van der Waals surface area contributed by atoms with Gasteiger partial charge in [-0.3, -0.25) is 0 Å². The molecule has 0 radical (unpaired) electrons. The predicted molar refractivity (Wildman–Crippen MR) is 42.5 cm³/mol. The van der Waals surface area contributed by atoms with Crippen molar-refractivity contribution in [1.82, 2.24) is 0 Å². The Morgan fingerprint density at radius 3 is 2.54 bits per heavy atom. The van der Waals surface area contributed by atoms with Crippen LogP contribution in [0, 0.1) is 18.3 Å². The minimum absolute atomic E-state index is 0.195.